The van der Waals surface area contributed by atoms with Crippen molar-refractivity contribution < 1.29 is 9.13 Å². The smallest absolute Gasteiger partial charge is 0.142 e. The molecule has 0 aliphatic heterocycles. The summed E-state index contributed by atoms with van der Waals surface area (Å²) in [5.74, 6) is 0.158. The third kappa shape index (κ3) is 2.01. The van der Waals surface area contributed by atoms with Gasteiger partial charge in [-0.05, 0) is 12.1 Å². The third-order valence-electron chi connectivity index (χ3n) is 3.23. The fourth-order valence-corrected chi connectivity index (χ4v) is 2.22. The summed E-state index contributed by atoms with van der Waals surface area (Å²) in [6.07, 6.45) is 0.875. The first kappa shape index (κ1) is 12.0. The molecule has 88 valence electrons. The van der Waals surface area contributed by atoms with E-state index in [-0.39, 0.29) is 21.9 Å². The largest absolute Gasteiger partial charge is 0.490 e. The first-order valence-corrected chi connectivity index (χ1v) is 5.98. The standard InChI is InChI=1S/C12H13Cl2FO/c1-12(2)10(14)6-11(12)16-7-3-4-9(15)8(13)5-7/h3-5,10-11H,6H2,1-2H3. The number of benzene rings is 1. The van der Waals surface area contributed by atoms with Gasteiger partial charge in [0.15, 0.2) is 0 Å². The first-order valence-electron chi connectivity index (χ1n) is 5.17. The van der Waals surface area contributed by atoms with E-state index in [4.69, 9.17) is 27.9 Å². The van der Waals surface area contributed by atoms with Gasteiger partial charge in [-0.2, -0.15) is 0 Å². The van der Waals surface area contributed by atoms with Gasteiger partial charge in [-0.15, -0.1) is 11.6 Å². The Morgan fingerprint density at radius 1 is 1.44 bits per heavy atom. The Kier molecular flexibility index (Phi) is 3.06. The minimum Gasteiger partial charge on any atom is -0.490 e. The van der Waals surface area contributed by atoms with Crippen LogP contribution in [-0.4, -0.2) is 11.5 Å². The molecular weight excluding hydrogens is 250 g/mol. The van der Waals surface area contributed by atoms with Crippen LogP contribution in [0.3, 0.4) is 0 Å². The molecule has 1 fully saturated rings. The lowest BCUT2D eigenvalue weighted by Gasteiger charge is -2.48. The molecule has 0 radical (unpaired) electrons. The average Bonchev–Trinajstić information content (AvgIpc) is 2.23. The van der Waals surface area contributed by atoms with Crippen LogP contribution in [0.1, 0.15) is 20.3 Å². The molecule has 0 spiro atoms. The first-order chi connectivity index (χ1) is 7.41. The number of hydrogen-bond acceptors (Lipinski definition) is 1. The second-order valence-electron chi connectivity index (χ2n) is 4.71. The lowest BCUT2D eigenvalue weighted by atomic mass is 9.68. The van der Waals surface area contributed by atoms with Crippen LogP contribution < -0.4 is 4.74 Å². The molecule has 2 unspecified atom stereocenters. The summed E-state index contributed by atoms with van der Waals surface area (Å²) in [7, 11) is 0. The molecule has 0 saturated heterocycles. The van der Waals surface area contributed by atoms with E-state index >= 15 is 0 Å². The monoisotopic (exact) mass is 262 g/mol. The van der Waals surface area contributed by atoms with Crippen LogP contribution in [0, 0.1) is 11.2 Å². The predicted molar refractivity (Wildman–Crippen MR) is 63.9 cm³/mol. The summed E-state index contributed by atoms with van der Waals surface area (Å²) in [4.78, 5) is 0. The number of rotatable bonds is 2. The Morgan fingerprint density at radius 2 is 2.12 bits per heavy atom. The Labute approximate surface area is 105 Å². The minimum absolute atomic E-state index is 0.0532. The lowest BCUT2D eigenvalue weighted by molar-refractivity contribution is -0.0130. The molecular formula is C12H13Cl2FO. The zero-order chi connectivity index (χ0) is 11.9. The minimum atomic E-state index is -0.433. The molecule has 0 bridgehead atoms. The summed E-state index contributed by atoms with van der Waals surface area (Å²) in [5.41, 5.74) is -0.0532. The highest BCUT2D eigenvalue weighted by atomic mass is 35.5. The van der Waals surface area contributed by atoms with E-state index in [0.29, 0.717) is 5.75 Å². The summed E-state index contributed by atoms with van der Waals surface area (Å²) in [6.45, 7) is 4.12. The van der Waals surface area contributed by atoms with Gasteiger partial charge in [0.25, 0.3) is 0 Å². The molecule has 4 heteroatoms. The molecule has 1 aliphatic rings. The molecule has 2 rings (SSSR count). The van der Waals surface area contributed by atoms with Crippen molar-refractivity contribution in [2.45, 2.75) is 31.7 Å². The molecule has 2 atom stereocenters. The SMILES string of the molecule is CC1(C)C(Cl)CC1Oc1ccc(F)c(Cl)c1. The van der Waals surface area contributed by atoms with Crippen LogP contribution in [0.25, 0.3) is 0 Å². The van der Waals surface area contributed by atoms with Crippen LogP contribution in [-0.2, 0) is 0 Å². The Balaban J connectivity index is 2.08. The van der Waals surface area contributed by atoms with E-state index in [1.807, 2.05) is 0 Å². The molecule has 0 aromatic heterocycles. The molecule has 1 aromatic rings. The van der Waals surface area contributed by atoms with Gasteiger partial charge in [0.1, 0.15) is 17.7 Å². The van der Waals surface area contributed by atoms with Gasteiger partial charge in [0.2, 0.25) is 0 Å². The van der Waals surface area contributed by atoms with Gasteiger partial charge in [0.05, 0.1) is 5.02 Å². The van der Waals surface area contributed by atoms with Gasteiger partial charge in [0, 0.05) is 23.3 Å². The van der Waals surface area contributed by atoms with Crippen LogP contribution in [0.15, 0.2) is 18.2 Å². The molecule has 1 nitrogen and oxygen atoms in total. The van der Waals surface area contributed by atoms with E-state index in [2.05, 4.69) is 13.8 Å². The second-order valence-corrected chi connectivity index (χ2v) is 5.64. The van der Waals surface area contributed by atoms with Gasteiger partial charge < -0.3 is 4.74 Å². The van der Waals surface area contributed by atoms with Crippen molar-refractivity contribution in [3.05, 3.63) is 29.0 Å². The van der Waals surface area contributed by atoms with Crippen LogP contribution in [0.4, 0.5) is 4.39 Å². The van der Waals surface area contributed by atoms with E-state index in [9.17, 15) is 4.39 Å². The highest BCUT2D eigenvalue weighted by molar-refractivity contribution is 6.30. The molecule has 0 N–H and O–H groups in total. The zero-order valence-corrected chi connectivity index (χ0v) is 10.6. The van der Waals surface area contributed by atoms with Gasteiger partial charge in [-0.1, -0.05) is 25.4 Å². The zero-order valence-electron chi connectivity index (χ0n) is 9.14. The molecule has 16 heavy (non-hydrogen) atoms. The molecule has 0 amide bonds. The predicted octanol–water partition coefficient (Wildman–Crippen LogP) is 4.26. The molecule has 1 saturated carbocycles. The fourth-order valence-electron chi connectivity index (χ4n) is 1.75. The molecule has 0 heterocycles. The van der Waals surface area contributed by atoms with Gasteiger partial charge in [-0.25, -0.2) is 4.39 Å². The van der Waals surface area contributed by atoms with Gasteiger partial charge >= 0.3 is 0 Å². The van der Waals surface area contributed by atoms with E-state index in [1.54, 1.807) is 6.07 Å². The fraction of sp³-hybridized carbons (Fsp3) is 0.500. The van der Waals surface area contributed by atoms with Crippen molar-refractivity contribution in [1.29, 1.82) is 0 Å². The maximum absolute atomic E-state index is 12.9. The van der Waals surface area contributed by atoms with E-state index in [0.717, 1.165) is 6.42 Å². The molecule has 1 aliphatic carbocycles. The van der Waals surface area contributed by atoms with Crippen LogP contribution in [0.5, 0.6) is 5.75 Å². The summed E-state index contributed by atoms with van der Waals surface area (Å²) < 4.78 is 18.7. The van der Waals surface area contributed by atoms with Crippen molar-refractivity contribution >= 4 is 23.2 Å². The van der Waals surface area contributed by atoms with Crippen LogP contribution in [0.2, 0.25) is 5.02 Å². The average molecular weight is 263 g/mol. The van der Waals surface area contributed by atoms with Crippen molar-refractivity contribution in [1.82, 2.24) is 0 Å². The number of alkyl halides is 1. The summed E-state index contributed by atoms with van der Waals surface area (Å²) in [5, 5.41) is 0.213. The van der Waals surface area contributed by atoms with Gasteiger partial charge in [-0.3, -0.25) is 0 Å². The Bertz CT molecular complexity index is 406. The quantitative estimate of drug-likeness (QED) is 0.724. The Morgan fingerprint density at radius 3 is 2.62 bits per heavy atom. The van der Waals surface area contributed by atoms with Crippen LogP contribution >= 0.6 is 23.2 Å². The highest BCUT2D eigenvalue weighted by Crippen LogP contribution is 2.46. The second kappa shape index (κ2) is 4.08. The number of ether oxygens (including phenoxy) is 1. The lowest BCUT2D eigenvalue weighted by Crippen LogP contribution is -2.53. The normalized spacial score (nSPS) is 27.3. The number of hydrogen-bond donors (Lipinski definition) is 0. The van der Waals surface area contributed by atoms with Crippen molar-refractivity contribution in [3.8, 4) is 5.75 Å². The maximum atomic E-state index is 12.9. The van der Waals surface area contributed by atoms with E-state index in [1.165, 1.54) is 12.1 Å². The van der Waals surface area contributed by atoms with Crippen molar-refractivity contribution in [2.24, 2.45) is 5.41 Å². The summed E-state index contributed by atoms with van der Waals surface area (Å²) in [6, 6.07) is 4.38. The molecule has 1 aromatic carbocycles. The van der Waals surface area contributed by atoms with Crippen molar-refractivity contribution in [2.75, 3.05) is 0 Å². The van der Waals surface area contributed by atoms with E-state index < -0.39 is 5.82 Å². The highest BCUT2D eigenvalue weighted by Gasteiger charge is 2.49. The third-order valence-corrected chi connectivity index (χ3v) is 4.26. The number of halogens is 3. The maximum Gasteiger partial charge on any atom is 0.142 e. The summed E-state index contributed by atoms with van der Waals surface area (Å²) >= 11 is 11.8. The van der Waals surface area contributed by atoms with Crippen molar-refractivity contribution in [3.63, 3.8) is 0 Å². The topological polar surface area (TPSA) is 9.23 Å². The Hall–Kier alpha value is -0.470.